The Morgan fingerprint density at radius 1 is 1.41 bits per heavy atom. The van der Waals surface area contributed by atoms with Crippen LogP contribution in [0.25, 0.3) is 0 Å². The van der Waals surface area contributed by atoms with Crippen molar-refractivity contribution in [1.29, 1.82) is 0 Å². The Bertz CT molecular complexity index is 409. The number of hydrogen-bond acceptors (Lipinski definition) is 3. The van der Waals surface area contributed by atoms with Gasteiger partial charge in [0.05, 0.1) is 18.9 Å². The maximum absolute atomic E-state index is 12.1. The molecule has 1 unspecified atom stereocenters. The van der Waals surface area contributed by atoms with E-state index in [1.807, 2.05) is 11.2 Å². The molecular formula is C13H19N3O. The van der Waals surface area contributed by atoms with Crippen LogP contribution in [-0.4, -0.2) is 47.7 Å². The first-order valence-corrected chi connectivity index (χ1v) is 6.45. The zero-order valence-electron chi connectivity index (χ0n) is 10.5. The Hall–Kier alpha value is -1.32. The van der Waals surface area contributed by atoms with Crippen LogP contribution in [0.5, 0.6) is 0 Å². The summed E-state index contributed by atoms with van der Waals surface area (Å²) in [6.45, 7) is 6.75. The summed E-state index contributed by atoms with van der Waals surface area (Å²) in [6.07, 6.45) is 4.12. The largest absolute Gasteiger partial charge is 0.335 e. The standard InChI is InChI=1S/C13H19N3O/c1-9-10(2)14-8-16-6-5-15(7-12(9)16)13(17)11-3-4-11/h8,10-11H,3-7H2,1-2H3. The molecule has 4 nitrogen and oxygen atoms in total. The number of amides is 1. The fourth-order valence-corrected chi connectivity index (χ4v) is 2.50. The molecule has 1 atom stereocenters. The molecule has 3 aliphatic rings. The van der Waals surface area contributed by atoms with E-state index in [4.69, 9.17) is 0 Å². The van der Waals surface area contributed by atoms with Crippen molar-refractivity contribution in [3.63, 3.8) is 0 Å². The Labute approximate surface area is 102 Å². The van der Waals surface area contributed by atoms with Gasteiger partial charge >= 0.3 is 0 Å². The quantitative estimate of drug-likeness (QED) is 0.683. The maximum Gasteiger partial charge on any atom is 0.226 e. The summed E-state index contributed by atoms with van der Waals surface area (Å²) in [5.41, 5.74) is 2.59. The smallest absolute Gasteiger partial charge is 0.226 e. The molecule has 0 N–H and O–H groups in total. The molecule has 1 saturated heterocycles. The maximum atomic E-state index is 12.1. The van der Waals surface area contributed by atoms with Crippen LogP contribution in [0.3, 0.4) is 0 Å². The van der Waals surface area contributed by atoms with E-state index in [1.165, 1.54) is 11.3 Å². The SMILES string of the molecule is CC1=C2CN(C(=O)C3CC3)CCN2C=NC1C. The lowest BCUT2D eigenvalue weighted by atomic mass is 10.0. The van der Waals surface area contributed by atoms with Crippen LogP contribution in [0.4, 0.5) is 0 Å². The van der Waals surface area contributed by atoms with Gasteiger partial charge in [0.15, 0.2) is 0 Å². The summed E-state index contributed by atoms with van der Waals surface area (Å²) in [4.78, 5) is 20.8. The van der Waals surface area contributed by atoms with E-state index >= 15 is 0 Å². The minimum Gasteiger partial charge on any atom is -0.335 e. The Morgan fingerprint density at radius 2 is 2.18 bits per heavy atom. The van der Waals surface area contributed by atoms with E-state index in [0.717, 1.165) is 32.5 Å². The van der Waals surface area contributed by atoms with Crippen molar-refractivity contribution in [1.82, 2.24) is 9.80 Å². The predicted molar refractivity (Wildman–Crippen MR) is 66.7 cm³/mol. The zero-order chi connectivity index (χ0) is 12.0. The number of rotatable bonds is 1. The molecule has 0 radical (unpaired) electrons. The second kappa shape index (κ2) is 3.86. The van der Waals surface area contributed by atoms with Gasteiger partial charge in [-0.1, -0.05) is 0 Å². The highest BCUT2D eigenvalue weighted by molar-refractivity contribution is 5.81. The first kappa shape index (κ1) is 10.8. The molecule has 0 aromatic rings. The molecule has 0 bridgehead atoms. The zero-order valence-corrected chi connectivity index (χ0v) is 10.5. The highest BCUT2D eigenvalue weighted by atomic mass is 16.2. The number of carbonyl (C=O) groups excluding carboxylic acids is 1. The van der Waals surface area contributed by atoms with Crippen LogP contribution in [0.15, 0.2) is 16.3 Å². The Kier molecular flexibility index (Phi) is 2.45. The number of hydrogen-bond donors (Lipinski definition) is 0. The summed E-state index contributed by atoms with van der Waals surface area (Å²) >= 11 is 0. The molecule has 0 aromatic heterocycles. The third-order valence-electron chi connectivity index (χ3n) is 4.05. The molecular weight excluding hydrogens is 214 g/mol. The van der Waals surface area contributed by atoms with Crippen LogP contribution in [-0.2, 0) is 4.79 Å². The summed E-state index contributed by atoms with van der Waals surface area (Å²) in [5, 5.41) is 0. The average molecular weight is 233 g/mol. The van der Waals surface area contributed by atoms with E-state index in [1.54, 1.807) is 0 Å². The fourth-order valence-electron chi connectivity index (χ4n) is 2.50. The van der Waals surface area contributed by atoms with E-state index < -0.39 is 0 Å². The highest BCUT2D eigenvalue weighted by Gasteiger charge is 2.36. The van der Waals surface area contributed by atoms with Crippen LogP contribution >= 0.6 is 0 Å². The first-order valence-electron chi connectivity index (χ1n) is 6.45. The molecule has 0 aromatic carbocycles. The summed E-state index contributed by atoms with van der Waals surface area (Å²) in [6, 6.07) is 0.261. The topological polar surface area (TPSA) is 35.9 Å². The van der Waals surface area contributed by atoms with Gasteiger partial charge < -0.3 is 9.80 Å². The summed E-state index contributed by atoms with van der Waals surface area (Å²) in [5.74, 6) is 0.692. The van der Waals surface area contributed by atoms with Crippen LogP contribution < -0.4 is 0 Å². The minimum atomic E-state index is 0.261. The lowest BCUT2D eigenvalue weighted by Crippen LogP contribution is -2.49. The molecule has 1 saturated carbocycles. The van der Waals surface area contributed by atoms with Gasteiger partial charge in [0.25, 0.3) is 0 Å². The van der Waals surface area contributed by atoms with Crippen molar-refractivity contribution in [3.05, 3.63) is 11.3 Å². The van der Waals surface area contributed by atoms with Gasteiger partial charge in [-0.25, -0.2) is 0 Å². The van der Waals surface area contributed by atoms with E-state index in [9.17, 15) is 4.79 Å². The van der Waals surface area contributed by atoms with Gasteiger partial charge in [0.1, 0.15) is 0 Å². The monoisotopic (exact) mass is 233 g/mol. The molecule has 92 valence electrons. The molecule has 4 heteroatoms. The fraction of sp³-hybridized carbons (Fsp3) is 0.692. The second-order valence-corrected chi connectivity index (χ2v) is 5.30. The highest BCUT2D eigenvalue weighted by Crippen LogP contribution is 2.32. The molecule has 1 amide bonds. The third kappa shape index (κ3) is 1.85. The summed E-state index contributed by atoms with van der Waals surface area (Å²) < 4.78 is 0. The first-order chi connectivity index (χ1) is 8.16. The van der Waals surface area contributed by atoms with Crippen molar-refractivity contribution >= 4 is 12.2 Å². The molecule has 2 aliphatic heterocycles. The number of nitrogens with zero attached hydrogens (tertiary/aromatic N) is 3. The molecule has 3 rings (SSSR count). The van der Waals surface area contributed by atoms with Crippen LogP contribution in [0.1, 0.15) is 26.7 Å². The number of carbonyl (C=O) groups is 1. The van der Waals surface area contributed by atoms with Gasteiger partial charge in [0.2, 0.25) is 5.91 Å². The molecule has 1 aliphatic carbocycles. The van der Waals surface area contributed by atoms with Crippen molar-refractivity contribution in [3.8, 4) is 0 Å². The second-order valence-electron chi connectivity index (χ2n) is 5.30. The molecule has 2 fully saturated rings. The third-order valence-corrected chi connectivity index (χ3v) is 4.05. The van der Waals surface area contributed by atoms with Crippen molar-refractivity contribution in [2.75, 3.05) is 19.6 Å². The van der Waals surface area contributed by atoms with Crippen molar-refractivity contribution < 1.29 is 4.79 Å². The minimum absolute atomic E-state index is 0.261. The Balaban J connectivity index is 1.78. The van der Waals surface area contributed by atoms with Crippen LogP contribution in [0, 0.1) is 5.92 Å². The normalized spacial score (nSPS) is 28.5. The molecule has 0 spiro atoms. The van der Waals surface area contributed by atoms with Gasteiger partial charge in [-0.05, 0) is 32.3 Å². The van der Waals surface area contributed by atoms with Gasteiger partial charge in [-0.2, -0.15) is 0 Å². The summed E-state index contributed by atoms with van der Waals surface area (Å²) in [7, 11) is 0. The van der Waals surface area contributed by atoms with Crippen molar-refractivity contribution in [2.24, 2.45) is 10.9 Å². The molecule has 17 heavy (non-hydrogen) atoms. The number of fused-ring (bicyclic) bond motifs is 1. The van der Waals surface area contributed by atoms with Gasteiger partial charge in [-0.15, -0.1) is 0 Å². The number of aliphatic imine (C=N–C) groups is 1. The van der Waals surface area contributed by atoms with E-state index in [-0.39, 0.29) is 6.04 Å². The van der Waals surface area contributed by atoms with E-state index in [0.29, 0.717) is 11.8 Å². The number of piperazine rings is 1. The lowest BCUT2D eigenvalue weighted by Gasteiger charge is -2.39. The predicted octanol–water partition coefficient (Wildman–Crippen LogP) is 1.24. The van der Waals surface area contributed by atoms with Gasteiger partial charge in [0, 0.05) is 24.7 Å². The average Bonchev–Trinajstić information content (AvgIpc) is 3.17. The van der Waals surface area contributed by atoms with E-state index in [2.05, 4.69) is 23.7 Å². The lowest BCUT2D eigenvalue weighted by molar-refractivity contribution is -0.133. The van der Waals surface area contributed by atoms with Crippen molar-refractivity contribution in [2.45, 2.75) is 32.7 Å². The van der Waals surface area contributed by atoms with Crippen LogP contribution in [0.2, 0.25) is 0 Å². The Morgan fingerprint density at radius 3 is 2.88 bits per heavy atom. The van der Waals surface area contributed by atoms with Gasteiger partial charge in [-0.3, -0.25) is 9.79 Å². The molecule has 2 heterocycles.